The van der Waals surface area contributed by atoms with E-state index >= 15 is 0 Å². The maximum Gasteiger partial charge on any atom is 0.325 e. The minimum absolute atomic E-state index is 0.0356. The van der Waals surface area contributed by atoms with Gasteiger partial charge in [-0.05, 0) is 42.7 Å². The number of hydrogen-bond donors (Lipinski definition) is 1. The zero-order valence-corrected chi connectivity index (χ0v) is 17.1. The molecule has 2 aromatic carbocycles. The third kappa shape index (κ3) is 3.07. The summed E-state index contributed by atoms with van der Waals surface area (Å²) in [6.07, 6.45) is 5.65. The molecule has 1 aliphatic heterocycles. The summed E-state index contributed by atoms with van der Waals surface area (Å²) in [5.74, 6) is 1.53. The van der Waals surface area contributed by atoms with Crippen LogP contribution in [0.3, 0.4) is 0 Å². The minimum Gasteiger partial charge on any atom is -0.497 e. The minimum atomic E-state index is -0.0728. The second-order valence-corrected chi connectivity index (χ2v) is 7.90. The zero-order valence-electron chi connectivity index (χ0n) is 17.1. The number of ether oxygens (including phenoxy) is 2. The Balaban J connectivity index is 1.43. The van der Waals surface area contributed by atoms with Crippen molar-refractivity contribution < 1.29 is 14.3 Å². The molecule has 0 radical (unpaired) electrons. The second-order valence-electron chi connectivity index (χ2n) is 7.90. The van der Waals surface area contributed by atoms with E-state index in [4.69, 9.17) is 9.47 Å². The largest absolute Gasteiger partial charge is 0.497 e. The molecule has 2 aliphatic rings. The average molecular weight is 404 g/mol. The number of hydrogen-bond acceptors (Lipinski definition) is 4. The van der Waals surface area contributed by atoms with Crippen molar-refractivity contribution in [2.24, 2.45) is 0 Å². The first kappa shape index (κ1) is 18.5. The van der Waals surface area contributed by atoms with Crippen LogP contribution in [0.25, 0.3) is 11.1 Å². The highest BCUT2D eigenvalue weighted by Gasteiger charge is 2.57. The van der Waals surface area contributed by atoms with Gasteiger partial charge < -0.3 is 14.4 Å². The lowest BCUT2D eigenvalue weighted by molar-refractivity contribution is 0.197. The number of urea groups is 1. The van der Waals surface area contributed by atoms with Crippen LogP contribution in [0.2, 0.25) is 0 Å². The van der Waals surface area contributed by atoms with Crippen molar-refractivity contribution >= 4 is 11.7 Å². The fraction of sp³-hybridized carbons (Fsp3) is 0.304. The molecule has 0 unspecified atom stereocenters. The van der Waals surface area contributed by atoms with Crippen LogP contribution in [0.5, 0.6) is 11.5 Å². The van der Waals surface area contributed by atoms with E-state index in [0.29, 0.717) is 13.1 Å². The standard InChI is InChI=1S/C23H24N4O3/c1-29-19-5-3-4-16(10-19)14-27-22(28)26(15-23(27)8-9-23)18-6-7-20(21(11-18)30-2)17-12-24-25-13-17/h3-7,10-13H,8-9,14-15H2,1-2H3,(H,24,25). The number of nitrogens with zero attached hydrogens (tertiary/aromatic N) is 3. The van der Waals surface area contributed by atoms with Gasteiger partial charge in [-0.15, -0.1) is 0 Å². The summed E-state index contributed by atoms with van der Waals surface area (Å²) in [4.78, 5) is 17.3. The van der Waals surface area contributed by atoms with E-state index in [9.17, 15) is 4.79 Å². The molecule has 2 heterocycles. The maximum atomic E-state index is 13.4. The third-order valence-corrected chi connectivity index (χ3v) is 6.09. The number of benzene rings is 2. The number of anilines is 1. The Kier molecular flexibility index (Phi) is 4.38. The molecule has 5 rings (SSSR count). The number of H-pyrrole nitrogens is 1. The van der Waals surface area contributed by atoms with Crippen LogP contribution in [0.15, 0.2) is 54.9 Å². The Hall–Kier alpha value is -3.48. The van der Waals surface area contributed by atoms with Gasteiger partial charge in [0.05, 0.1) is 32.5 Å². The van der Waals surface area contributed by atoms with E-state index in [1.807, 2.05) is 58.5 Å². The molecule has 1 saturated carbocycles. The van der Waals surface area contributed by atoms with E-state index in [1.165, 1.54) is 0 Å². The molecule has 2 amide bonds. The van der Waals surface area contributed by atoms with Crippen LogP contribution in [-0.2, 0) is 6.54 Å². The number of carbonyl (C=O) groups excluding carboxylic acids is 1. The van der Waals surface area contributed by atoms with E-state index in [-0.39, 0.29) is 11.6 Å². The molecule has 1 saturated heterocycles. The highest BCUT2D eigenvalue weighted by molar-refractivity contribution is 5.96. The molecule has 30 heavy (non-hydrogen) atoms. The van der Waals surface area contributed by atoms with Gasteiger partial charge in [-0.1, -0.05) is 12.1 Å². The number of nitrogens with one attached hydrogen (secondary N) is 1. The average Bonchev–Trinajstić information content (AvgIpc) is 3.24. The molecule has 154 valence electrons. The molecule has 0 atom stereocenters. The second kappa shape index (κ2) is 7.09. The molecule has 1 spiro atoms. The van der Waals surface area contributed by atoms with Gasteiger partial charge in [-0.25, -0.2) is 4.79 Å². The topological polar surface area (TPSA) is 70.7 Å². The first-order valence-electron chi connectivity index (χ1n) is 10.0. The molecule has 7 nitrogen and oxygen atoms in total. The molecule has 7 heteroatoms. The Morgan fingerprint density at radius 1 is 1.13 bits per heavy atom. The Bertz CT molecular complexity index is 1080. The van der Waals surface area contributed by atoms with Crippen molar-refractivity contribution in [1.29, 1.82) is 0 Å². The van der Waals surface area contributed by atoms with E-state index in [2.05, 4.69) is 10.2 Å². The van der Waals surface area contributed by atoms with Gasteiger partial charge in [0, 0.05) is 35.6 Å². The summed E-state index contributed by atoms with van der Waals surface area (Å²) >= 11 is 0. The van der Waals surface area contributed by atoms with Gasteiger partial charge >= 0.3 is 6.03 Å². The summed E-state index contributed by atoms with van der Waals surface area (Å²) in [7, 11) is 3.30. The van der Waals surface area contributed by atoms with Crippen LogP contribution in [0, 0.1) is 0 Å². The quantitative estimate of drug-likeness (QED) is 0.672. The van der Waals surface area contributed by atoms with E-state index < -0.39 is 0 Å². The van der Waals surface area contributed by atoms with Crippen molar-refractivity contribution in [3.8, 4) is 22.6 Å². The molecule has 0 bridgehead atoms. The number of methoxy groups -OCH3 is 2. The summed E-state index contributed by atoms with van der Waals surface area (Å²) in [6.45, 7) is 1.28. The van der Waals surface area contributed by atoms with Gasteiger partial charge in [0.15, 0.2) is 0 Å². The number of aromatic nitrogens is 2. The highest BCUT2D eigenvalue weighted by Crippen LogP contribution is 2.49. The van der Waals surface area contributed by atoms with Crippen molar-refractivity contribution in [1.82, 2.24) is 15.1 Å². The Morgan fingerprint density at radius 2 is 2.00 bits per heavy atom. The normalized spacial score (nSPS) is 16.9. The van der Waals surface area contributed by atoms with E-state index in [1.54, 1.807) is 20.4 Å². The van der Waals surface area contributed by atoms with Gasteiger partial charge in [-0.2, -0.15) is 5.10 Å². The molecule has 3 aromatic rings. The molecular weight excluding hydrogens is 380 g/mol. The number of rotatable bonds is 6. The van der Waals surface area contributed by atoms with Crippen molar-refractivity contribution in [3.05, 3.63) is 60.4 Å². The predicted octanol–water partition coefficient (Wildman–Crippen LogP) is 4.07. The van der Waals surface area contributed by atoms with Crippen LogP contribution in [-0.4, -0.2) is 47.4 Å². The number of amides is 2. The summed E-state index contributed by atoms with van der Waals surface area (Å²) in [5.41, 5.74) is 3.74. The monoisotopic (exact) mass is 404 g/mol. The lowest BCUT2D eigenvalue weighted by Crippen LogP contribution is -2.35. The van der Waals surface area contributed by atoms with Crippen LogP contribution < -0.4 is 14.4 Å². The van der Waals surface area contributed by atoms with Crippen LogP contribution >= 0.6 is 0 Å². The molecule has 1 aromatic heterocycles. The first-order chi connectivity index (χ1) is 14.6. The Morgan fingerprint density at radius 3 is 2.70 bits per heavy atom. The first-order valence-corrected chi connectivity index (χ1v) is 10.0. The van der Waals surface area contributed by atoms with Crippen molar-refractivity contribution in [2.45, 2.75) is 24.9 Å². The van der Waals surface area contributed by atoms with Crippen LogP contribution in [0.4, 0.5) is 10.5 Å². The summed E-state index contributed by atoms with van der Waals surface area (Å²) in [5, 5.41) is 6.84. The van der Waals surface area contributed by atoms with Crippen molar-refractivity contribution in [3.63, 3.8) is 0 Å². The van der Waals surface area contributed by atoms with Crippen molar-refractivity contribution in [2.75, 3.05) is 25.7 Å². The third-order valence-electron chi connectivity index (χ3n) is 6.09. The number of aromatic amines is 1. The summed E-state index contributed by atoms with van der Waals surface area (Å²) in [6, 6.07) is 13.9. The number of carbonyl (C=O) groups is 1. The zero-order chi connectivity index (χ0) is 20.7. The summed E-state index contributed by atoms with van der Waals surface area (Å²) < 4.78 is 11.0. The van der Waals surface area contributed by atoms with Gasteiger partial charge in [0.25, 0.3) is 0 Å². The van der Waals surface area contributed by atoms with Gasteiger partial charge in [-0.3, -0.25) is 10.00 Å². The van der Waals surface area contributed by atoms with Gasteiger partial charge in [0.1, 0.15) is 11.5 Å². The Labute approximate surface area is 175 Å². The lowest BCUT2D eigenvalue weighted by atomic mass is 10.1. The smallest absolute Gasteiger partial charge is 0.325 e. The van der Waals surface area contributed by atoms with Crippen LogP contribution in [0.1, 0.15) is 18.4 Å². The van der Waals surface area contributed by atoms with E-state index in [0.717, 1.165) is 46.7 Å². The fourth-order valence-corrected chi connectivity index (χ4v) is 4.24. The highest BCUT2D eigenvalue weighted by atomic mass is 16.5. The fourth-order valence-electron chi connectivity index (χ4n) is 4.24. The lowest BCUT2D eigenvalue weighted by Gasteiger charge is -2.23. The van der Waals surface area contributed by atoms with Gasteiger partial charge in [0.2, 0.25) is 0 Å². The molecule has 2 fully saturated rings. The maximum absolute atomic E-state index is 13.4. The predicted molar refractivity (Wildman–Crippen MR) is 114 cm³/mol. The molecule has 1 N–H and O–H groups in total. The molecular formula is C23H24N4O3. The SMILES string of the molecule is COc1cccc(CN2C(=O)N(c3ccc(-c4cn[nH]c4)c(OC)c3)CC23CC3)c1. The molecule has 1 aliphatic carbocycles.